The number of nitrogens with zero attached hydrogens (tertiary/aromatic N) is 2. The van der Waals surface area contributed by atoms with Crippen LogP contribution in [0.2, 0.25) is 0 Å². The number of aromatic nitrogens is 3. The normalized spacial score (nSPS) is 16.5. The summed E-state index contributed by atoms with van der Waals surface area (Å²) in [7, 11) is 0. The van der Waals surface area contributed by atoms with Crippen LogP contribution < -0.4 is 5.56 Å². The molecule has 0 spiro atoms. The fourth-order valence-corrected chi connectivity index (χ4v) is 3.48. The van der Waals surface area contributed by atoms with Crippen LogP contribution in [0.15, 0.2) is 53.3 Å². The molecule has 2 aromatic carbocycles. The van der Waals surface area contributed by atoms with Crippen LogP contribution in [0.5, 0.6) is 0 Å². The van der Waals surface area contributed by atoms with Crippen molar-refractivity contribution in [3.63, 3.8) is 0 Å². The molecule has 4 aromatic rings. The lowest BCUT2D eigenvalue weighted by molar-refractivity contribution is 0.153. The van der Waals surface area contributed by atoms with Gasteiger partial charge in [0.1, 0.15) is 0 Å². The van der Waals surface area contributed by atoms with Crippen LogP contribution in [0.25, 0.3) is 33.3 Å². The zero-order valence-corrected chi connectivity index (χ0v) is 12.2. The zero-order valence-electron chi connectivity index (χ0n) is 12.2. The highest BCUT2D eigenvalue weighted by Crippen LogP contribution is 2.38. The summed E-state index contributed by atoms with van der Waals surface area (Å²) in [5, 5.41) is 12.1. The van der Waals surface area contributed by atoms with Gasteiger partial charge in [-0.25, -0.2) is 4.98 Å². The number of H-pyrrole nitrogens is 1. The van der Waals surface area contributed by atoms with Crippen molar-refractivity contribution < 1.29 is 5.11 Å². The third kappa shape index (κ3) is 1.59. The van der Waals surface area contributed by atoms with E-state index in [4.69, 9.17) is 0 Å². The van der Waals surface area contributed by atoms with Gasteiger partial charge >= 0.3 is 0 Å². The van der Waals surface area contributed by atoms with Gasteiger partial charge in [-0.1, -0.05) is 30.3 Å². The van der Waals surface area contributed by atoms with E-state index in [2.05, 4.69) is 9.97 Å². The number of aromatic amines is 1. The number of hydrogen-bond acceptors (Lipinski definition) is 3. The minimum absolute atomic E-state index is 0.117. The molecule has 112 valence electrons. The average Bonchev–Trinajstić information content (AvgIpc) is 2.97. The molecule has 2 N–H and O–H groups in total. The summed E-state index contributed by atoms with van der Waals surface area (Å²) in [6.07, 6.45) is -0.727. The van der Waals surface area contributed by atoms with Crippen LogP contribution in [0, 0.1) is 0 Å². The van der Waals surface area contributed by atoms with E-state index in [0.717, 1.165) is 22.2 Å². The molecule has 0 saturated heterocycles. The summed E-state index contributed by atoms with van der Waals surface area (Å²) in [5.41, 5.74) is 3.04. The second kappa shape index (κ2) is 4.30. The maximum Gasteiger partial charge on any atom is 0.261 e. The number of aliphatic hydroxyl groups is 1. The molecule has 5 nitrogen and oxygen atoms in total. The second-order valence-electron chi connectivity index (χ2n) is 5.84. The van der Waals surface area contributed by atoms with E-state index < -0.39 is 6.10 Å². The smallest absolute Gasteiger partial charge is 0.261 e. The maximum atomic E-state index is 12.7. The Morgan fingerprint density at radius 1 is 1.09 bits per heavy atom. The number of nitrogens with one attached hydrogen (secondary N) is 1. The number of rotatable bonds is 0. The standard InChI is InChI=1S/C18H13N3O2/c22-14-9-21-17(20-13-8-4-2-6-11(13)18(21)23)16-15(14)10-5-1-3-7-12(10)19-16/h1-8,14,19,22H,9H2. The minimum Gasteiger partial charge on any atom is -0.386 e. The first-order valence-electron chi connectivity index (χ1n) is 7.52. The first-order valence-corrected chi connectivity index (χ1v) is 7.52. The number of fused-ring (bicyclic) bond motifs is 6. The van der Waals surface area contributed by atoms with Gasteiger partial charge in [0.15, 0.2) is 5.82 Å². The van der Waals surface area contributed by atoms with Crippen molar-refractivity contribution in [3.8, 4) is 11.5 Å². The molecule has 1 atom stereocenters. The Kier molecular flexibility index (Phi) is 2.36. The van der Waals surface area contributed by atoms with E-state index in [0.29, 0.717) is 16.7 Å². The summed E-state index contributed by atoms with van der Waals surface area (Å²) < 4.78 is 1.56. The largest absolute Gasteiger partial charge is 0.386 e. The van der Waals surface area contributed by atoms with E-state index in [-0.39, 0.29) is 12.1 Å². The lowest BCUT2D eigenvalue weighted by atomic mass is 10.0. The molecular weight excluding hydrogens is 290 g/mol. The minimum atomic E-state index is -0.727. The first kappa shape index (κ1) is 12.6. The van der Waals surface area contributed by atoms with Gasteiger partial charge in [0.05, 0.1) is 29.2 Å². The molecule has 1 unspecified atom stereocenters. The summed E-state index contributed by atoms with van der Waals surface area (Å²) in [6, 6.07) is 15.1. The fourth-order valence-electron chi connectivity index (χ4n) is 3.48. The molecule has 0 fully saturated rings. The fraction of sp³-hybridized carbons (Fsp3) is 0.111. The molecule has 5 heteroatoms. The molecule has 0 aliphatic carbocycles. The Morgan fingerprint density at radius 3 is 2.70 bits per heavy atom. The predicted molar refractivity (Wildman–Crippen MR) is 88.3 cm³/mol. The Bertz CT molecular complexity index is 1140. The van der Waals surface area contributed by atoms with Crippen molar-refractivity contribution in [2.75, 3.05) is 0 Å². The highest BCUT2D eigenvalue weighted by Gasteiger charge is 2.29. The van der Waals surface area contributed by atoms with Crippen LogP contribution in [-0.4, -0.2) is 19.6 Å². The highest BCUT2D eigenvalue weighted by molar-refractivity contribution is 5.91. The zero-order chi connectivity index (χ0) is 15.6. The van der Waals surface area contributed by atoms with Crippen LogP contribution in [0.4, 0.5) is 0 Å². The second-order valence-corrected chi connectivity index (χ2v) is 5.84. The Labute approximate surface area is 130 Å². The van der Waals surface area contributed by atoms with Crippen molar-refractivity contribution >= 4 is 21.8 Å². The molecule has 5 rings (SSSR count). The third-order valence-electron chi connectivity index (χ3n) is 4.52. The maximum absolute atomic E-state index is 12.7. The highest BCUT2D eigenvalue weighted by atomic mass is 16.3. The number of benzene rings is 2. The summed E-state index contributed by atoms with van der Waals surface area (Å²) >= 11 is 0. The van der Waals surface area contributed by atoms with Crippen molar-refractivity contribution in [2.45, 2.75) is 12.6 Å². The van der Waals surface area contributed by atoms with Crippen LogP contribution in [0.3, 0.4) is 0 Å². The van der Waals surface area contributed by atoms with Gasteiger partial charge in [-0.2, -0.15) is 0 Å². The number of aliphatic hydroxyl groups excluding tert-OH is 1. The van der Waals surface area contributed by atoms with E-state index in [1.165, 1.54) is 0 Å². The summed E-state index contributed by atoms with van der Waals surface area (Å²) in [5.74, 6) is 0.588. The lowest BCUT2D eigenvalue weighted by Gasteiger charge is -2.23. The van der Waals surface area contributed by atoms with Gasteiger partial charge in [0.2, 0.25) is 0 Å². The van der Waals surface area contributed by atoms with Crippen molar-refractivity contribution in [1.29, 1.82) is 0 Å². The van der Waals surface area contributed by atoms with Crippen molar-refractivity contribution in [2.24, 2.45) is 0 Å². The van der Waals surface area contributed by atoms with Gasteiger partial charge in [-0.15, -0.1) is 0 Å². The summed E-state index contributed by atoms with van der Waals surface area (Å²) in [6.45, 7) is 0.223. The number of hydrogen-bond donors (Lipinski definition) is 2. The first-order chi connectivity index (χ1) is 11.2. The van der Waals surface area contributed by atoms with Crippen LogP contribution in [0.1, 0.15) is 11.7 Å². The molecule has 3 heterocycles. The topological polar surface area (TPSA) is 70.9 Å². The van der Waals surface area contributed by atoms with Gasteiger partial charge in [-0.3, -0.25) is 9.36 Å². The van der Waals surface area contributed by atoms with Gasteiger partial charge in [-0.05, 0) is 18.2 Å². The molecule has 2 aromatic heterocycles. The lowest BCUT2D eigenvalue weighted by Crippen LogP contribution is -2.29. The van der Waals surface area contributed by atoms with Gasteiger partial charge in [0.25, 0.3) is 5.56 Å². The Hall–Kier alpha value is -2.92. The molecular formula is C18H13N3O2. The SMILES string of the molecule is O=c1c2ccccc2nc2n1CC(O)c1c-2[nH]c2ccccc12. The molecule has 0 saturated carbocycles. The van der Waals surface area contributed by atoms with E-state index in [1.807, 2.05) is 42.5 Å². The molecule has 0 amide bonds. The average molecular weight is 303 g/mol. The Balaban J connectivity index is 1.95. The molecule has 23 heavy (non-hydrogen) atoms. The predicted octanol–water partition coefficient (Wildman–Crippen LogP) is 2.59. The number of para-hydroxylation sites is 2. The van der Waals surface area contributed by atoms with Crippen LogP contribution >= 0.6 is 0 Å². The monoisotopic (exact) mass is 303 g/mol. The molecule has 0 radical (unpaired) electrons. The van der Waals surface area contributed by atoms with Crippen molar-refractivity contribution in [3.05, 3.63) is 64.4 Å². The Morgan fingerprint density at radius 2 is 1.83 bits per heavy atom. The van der Waals surface area contributed by atoms with Gasteiger partial charge < -0.3 is 10.1 Å². The molecule has 1 aliphatic heterocycles. The van der Waals surface area contributed by atoms with Gasteiger partial charge in [0, 0.05) is 16.5 Å². The quantitative estimate of drug-likeness (QED) is 0.524. The van der Waals surface area contributed by atoms with E-state index in [1.54, 1.807) is 10.6 Å². The molecule has 1 aliphatic rings. The molecule has 0 bridgehead atoms. The van der Waals surface area contributed by atoms with Crippen molar-refractivity contribution in [1.82, 2.24) is 14.5 Å². The van der Waals surface area contributed by atoms with E-state index in [9.17, 15) is 9.90 Å². The van der Waals surface area contributed by atoms with E-state index >= 15 is 0 Å². The van der Waals surface area contributed by atoms with Crippen LogP contribution in [-0.2, 0) is 6.54 Å². The summed E-state index contributed by atoms with van der Waals surface area (Å²) in [4.78, 5) is 20.7. The third-order valence-corrected chi connectivity index (χ3v) is 4.52.